The van der Waals surface area contributed by atoms with Crippen LogP contribution in [0.25, 0.3) is 0 Å². The summed E-state index contributed by atoms with van der Waals surface area (Å²) in [5.41, 5.74) is 2.19. The minimum absolute atomic E-state index is 0.293. The summed E-state index contributed by atoms with van der Waals surface area (Å²) in [7, 11) is 0. The Morgan fingerprint density at radius 2 is 1.90 bits per heavy atom. The van der Waals surface area contributed by atoms with E-state index in [0.717, 1.165) is 36.1 Å². The molecule has 0 aliphatic heterocycles. The second-order valence-electron chi connectivity index (χ2n) is 6.97. The summed E-state index contributed by atoms with van der Waals surface area (Å²) in [5, 5.41) is 0. The predicted molar refractivity (Wildman–Crippen MR) is 74.4 cm³/mol. The SMILES string of the molecule is NNC(=O)c1nccn1CC1C2CC3CC(C2)CC1C3. The van der Waals surface area contributed by atoms with Gasteiger partial charge in [-0.25, -0.2) is 10.8 Å². The largest absolute Gasteiger partial charge is 0.327 e. The first-order chi connectivity index (χ1) is 9.74. The first-order valence-corrected chi connectivity index (χ1v) is 7.76. The summed E-state index contributed by atoms with van der Waals surface area (Å²) in [6.07, 6.45) is 10.7. The first kappa shape index (κ1) is 12.4. The van der Waals surface area contributed by atoms with Crippen LogP contribution in [0.3, 0.4) is 0 Å². The minimum Gasteiger partial charge on any atom is -0.327 e. The number of carbonyl (C=O) groups excluding carboxylic acids is 1. The van der Waals surface area contributed by atoms with Crippen LogP contribution in [0.2, 0.25) is 0 Å². The van der Waals surface area contributed by atoms with Crippen molar-refractivity contribution < 1.29 is 4.79 Å². The molecule has 0 aromatic carbocycles. The van der Waals surface area contributed by atoms with Crippen LogP contribution in [0, 0.1) is 29.6 Å². The Bertz CT molecular complexity index is 496. The van der Waals surface area contributed by atoms with Crippen molar-refractivity contribution in [3.63, 3.8) is 0 Å². The maximum Gasteiger partial charge on any atom is 0.301 e. The summed E-state index contributed by atoms with van der Waals surface area (Å²) < 4.78 is 2.00. The monoisotopic (exact) mass is 274 g/mol. The van der Waals surface area contributed by atoms with E-state index in [-0.39, 0.29) is 5.91 Å². The van der Waals surface area contributed by atoms with E-state index in [1.807, 2.05) is 10.8 Å². The Hall–Kier alpha value is -1.36. The third-order valence-corrected chi connectivity index (χ3v) is 5.88. The standard InChI is InChI=1S/C15H22N4O/c16-18-15(20)14-17-1-2-19(14)8-13-11-4-9-3-10(6-11)7-12(13)5-9/h1-2,9-13H,3-8,16H2,(H,18,20). The molecular weight excluding hydrogens is 252 g/mol. The number of carbonyl (C=O) groups is 1. The zero-order valence-corrected chi connectivity index (χ0v) is 11.7. The van der Waals surface area contributed by atoms with Crippen molar-refractivity contribution in [1.29, 1.82) is 0 Å². The molecule has 4 saturated carbocycles. The lowest BCUT2D eigenvalue weighted by Crippen LogP contribution is -2.46. The number of nitrogens with one attached hydrogen (secondary N) is 1. The van der Waals surface area contributed by atoms with E-state index < -0.39 is 0 Å². The molecule has 4 fully saturated rings. The minimum atomic E-state index is -0.293. The van der Waals surface area contributed by atoms with Gasteiger partial charge in [-0.1, -0.05) is 0 Å². The van der Waals surface area contributed by atoms with Crippen molar-refractivity contribution in [3.8, 4) is 0 Å². The third-order valence-electron chi connectivity index (χ3n) is 5.88. The van der Waals surface area contributed by atoms with Crippen molar-refractivity contribution in [2.24, 2.45) is 35.4 Å². The van der Waals surface area contributed by atoms with Crippen LogP contribution in [0.4, 0.5) is 0 Å². The fourth-order valence-electron chi connectivity index (χ4n) is 5.29. The number of nitrogen functional groups attached to an aromatic ring is 1. The molecule has 1 aromatic rings. The van der Waals surface area contributed by atoms with Gasteiger partial charge in [0.25, 0.3) is 0 Å². The van der Waals surface area contributed by atoms with Gasteiger partial charge in [-0.3, -0.25) is 10.2 Å². The molecule has 0 unspecified atom stereocenters. The lowest BCUT2D eigenvalue weighted by atomic mass is 9.52. The molecule has 108 valence electrons. The van der Waals surface area contributed by atoms with E-state index in [4.69, 9.17) is 5.84 Å². The highest BCUT2D eigenvalue weighted by atomic mass is 16.2. The topological polar surface area (TPSA) is 72.9 Å². The molecule has 20 heavy (non-hydrogen) atoms. The van der Waals surface area contributed by atoms with E-state index in [1.165, 1.54) is 32.1 Å². The van der Waals surface area contributed by atoms with E-state index in [1.54, 1.807) is 6.20 Å². The molecule has 0 atom stereocenters. The molecule has 5 nitrogen and oxygen atoms in total. The summed E-state index contributed by atoms with van der Waals surface area (Å²) in [6, 6.07) is 0. The van der Waals surface area contributed by atoms with Crippen molar-refractivity contribution in [1.82, 2.24) is 15.0 Å². The fourth-order valence-corrected chi connectivity index (χ4v) is 5.29. The second kappa shape index (κ2) is 4.58. The zero-order chi connectivity index (χ0) is 13.7. The van der Waals surface area contributed by atoms with Crippen molar-refractivity contribution in [3.05, 3.63) is 18.2 Å². The van der Waals surface area contributed by atoms with Gasteiger partial charge in [0.2, 0.25) is 0 Å². The number of aromatic nitrogens is 2. The van der Waals surface area contributed by atoms with E-state index in [9.17, 15) is 4.79 Å². The van der Waals surface area contributed by atoms with E-state index >= 15 is 0 Å². The Morgan fingerprint density at radius 3 is 2.50 bits per heavy atom. The van der Waals surface area contributed by atoms with Crippen LogP contribution < -0.4 is 11.3 Å². The number of hydrogen-bond donors (Lipinski definition) is 2. The number of hydrogen-bond acceptors (Lipinski definition) is 3. The van der Waals surface area contributed by atoms with E-state index in [2.05, 4.69) is 10.4 Å². The second-order valence-corrected chi connectivity index (χ2v) is 6.97. The van der Waals surface area contributed by atoms with Gasteiger partial charge in [-0.15, -0.1) is 0 Å². The molecule has 4 aliphatic carbocycles. The number of nitrogens with two attached hydrogens (primary N) is 1. The summed E-state index contributed by atoms with van der Waals surface area (Å²) >= 11 is 0. The van der Waals surface area contributed by atoms with Crippen LogP contribution in [0.5, 0.6) is 0 Å². The number of imidazole rings is 1. The van der Waals surface area contributed by atoms with Crippen molar-refractivity contribution in [2.45, 2.75) is 38.6 Å². The Kier molecular flexibility index (Phi) is 2.84. The smallest absolute Gasteiger partial charge is 0.301 e. The van der Waals surface area contributed by atoms with Gasteiger partial charge < -0.3 is 4.57 Å². The molecule has 1 aromatic heterocycles. The summed E-state index contributed by atoms with van der Waals surface area (Å²) in [4.78, 5) is 15.9. The van der Waals surface area contributed by atoms with Gasteiger partial charge in [0, 0.05) is 18.9 Å². The number of hydrazine groups is 1. The molecule has 0 radical (unpaired) electrons. The Balaban J connectivity index is 1.55. The van der Waals surface area contributed by atoms with Gasteiger partial charge in [-0.2, -0.15) is 0 Å². The van der Waals surface area contributed by atoms with Crippen LogP contribution in [-0.2, 0) is 6.54 Å². The van der Waals surface area contributed by atoms with Crippen molar-refractivity contribution >= 4 is 5.91 Å². The highest BCUT2D eigenvalue weighted by Crippen LogP contribution is 2.56. The Morgan fingerprint density at radius 1 is 1.25 bits per heavy atom. The molecule has 4 aliphatic rings. The van der Waals surface area contributed by atoms with Gasteiger partial charge in [0.05, 0.1) is 0 Å². The highest BCUT2D eigenvalue weighted by Gasteiger charge is 2.48. The third kappa shape index (κ3) is 1.87. The zero-order valence-electron chi connectivity index (χ0n) is 11.7. The Labute approximate surface area is 118 Å². The lowest BCUT2D eigenvalue weighted by molar-refractivity contribution is -0.0432. The average Bonchev–Trinajstić information content (AvgIpc) is 2.89. The van der Waals surface area contributed by atoms with Gasteiger partial charge in [-0.05, 0) is 61.7 Å². The van der Waals surface area contributed by atoms with Crippen LogP contribution >= 0.6 is 0 Å². The maximum atomic E-state index is 11.7. The number of nitrogens with zero attached hydrogens (tertiary/aromatic N) is 2. The summed E-state index contributed by atoms with van der Waals surface area (Å²) in [5.74, 6) is 9.81. The molecule has 1 heterocycles. The molecule has 1 amide bonds. The highest BCUT2D eigenvalue weighted by molar-refractivity contribution is 5.90. The van der Waals surface area contributed by atoms with Gasteiger partial charge >= 0.3 is 5.91 Å². The number of amides is 1. The molecule has 5 heteroatoms. The van der Waals surface area contributed by atoms with Crippen LogP contribution in [-0.4, -0.2) is 15.5 Å². The predicted octanol–water partition coefficient (Wildman–Crippen LogP) is 1.56. The normalized spacial score (nSPS) is 38.1. The quantitative estimate of drug-likeness (QED) is 0.499. The van der Waals surface area contributed by atoms with E-state index in [0.29, 0.717) is 5.82 Å². The first-order valence-electron chi connectivity index (χ1n) is 7.76. The van der Waals surface area contributed by atoms with Gasteiger partial charge in [0.15, 0.2) is 5.82 Å². The number of rotatable bonds is 3. The molecular formula is C15H22N4O. The molecule has 3 N–H and O–H groups in total. The molecule has 0 saturated heterocycles. The fraction of sp³-hybridized carbons (Fsp3) is 0.733. The average molecular weight is 274 g/mol. The van der Waals surface area contributed by atoms with Crippen LogP contribution in [0.1, 0.15) is 42.7 Å². The molecule has 4 bridgehead atoms. The molecule has 5 rings (SSSR count). The van der Waals surface area contributed by atoms with Crippen LogP contribution in [0.15, 0.2) is 12.4 Å². The lowest BCUT2D eigenvalue weighted by Gasteiger charge is -2.54. The summed E-state index contributed by atoms with van der Waals surface area (Å²) in [6.45, 7) is 0.928. The molecule has 0 spiro atoms. The van der Waals surface area contributed by atoms with Gasteiger partial charge in [0.1, 0.15) is 0 Å². The van der Waals surface area contributed by atoms with Crippen molar-refractivity contribution in [2.75, 3.05) is 0 Å². The maximum absolute atomic E-state index is 11.7.